The van der Waals surface area contributed by atoms with Crippen LogP contribution in [0.5, 0.6) is 5.75 Å². The van der Waals surface area contributed by atoms with Crippen LogP contribution in [0.3, 0.4) is 0 Å². The predicted molar refractivity (Wildman–Crippen MR) is 159 cm³/mol. The lowest BCUT2D eigenvalue weighted by Gasteiger charge is -2.46. The van der Waals surface area contributed by atoms with Gasteiger partial charge in [0.1, 0.15) is 5.69 Å². The maximum atomic E-state index is 10.3. The number of halogens is 1. The summed E-state index contributed by atoms with van der Waals surface area (Å²) in [5.74, 6) is 0.807. The van der Waals surface area contributed by atoms with Gasteiger partial charge in [-0.15, -0.1) is 0 Å². The van der Waals surface area contributed by atoms with Crippen LogP contribution in [-0.4, -0.2) is 61.3 Å². The fourth-order valence-electron chi connectivity index (χ4n) is 6.09. The zero-order valence-electron chi connectivity index (χ0n) is 22.8. The van der Waals surface area contributed by atoms with Crippen molar-refractivity contribution < 1.29 is 14.6 Å². The molecule has 7 heteroatoms. The third kappa shape index (κ3) is 4.34. The van der Waals surface area contributed by atoms with Gasteiger partial charge in [0.2, 0.25) is 5.72 Å². The summed E-state index contributed by atoms with van der Waals surface area (Å²) in [7, 11) is 0. The molecule has 2 aliphatic heterocycles. The smallest absolute Gasteiger partial charge is 0.229 e. The lowest BCUT2D eigenvalue weighted by atomic mass is 9.75. The van der Waals surface area contributed by atoms with Gasteiger partial charge in [-0.3, -0.25) is 4.99 Å². The summed E-state index contributed by atoms with van der Waals surface area (Å²) in [4.78, 5) is 9.77. The van der Waals surface area contributed by atoms with E-state index >= 15 is 0 Å². The summed E-state index contributed by atoms with van der Waals surface area (Å²) < 4.78 is 13.3. The summed E-state index contributed by atoms with van der Waals surface area (Å²) in [6.45, 7) is 13.6. The first kappa shape index (κ1) is 27.1. The minimum atomic E-state index is -0.866. The first-order valence-corrected chi connectivity index (χ1v) is 14.7. The van der Waals surface area contributed by atoms with Gasteiger partial charge in [-0.2, -0.15) is 0 Å². The number of aliphatic hydroxyl groups excluding tert-OH is 1. The summed E-state index contributed by atoms with van der Waals surface area (Å²) >= 11 is 3.69. The molecular weight excluding hydrogens is 542 g/mol. The lowest BCUT2D eigenvalue weighted by molar-refractivity contribution is 0.0621. The van der Waals surface area contributed by atoms with Crippen molar-refractivity contribution in [3.05, 3.63) is 65.2 Å². The summed E-state index contributed by atoms with van der Waals surface area (Å²) in [6, 6.07) is 16.6. The number of hydrogen-bond donors (Lipinski definition) is 1. The van der Waals surface area contributed by atoms with E-state index in [-0.39, 0.29) is 6.61 Å². The summed E-state index contributed by atoms with van der Waals surface area (Å²) in [5.41, 5.74) is 3.66. The molecule has 202 valence electrons. The number of aliphatic hydroxyl groups is 1. The minimum absolute atomic E-state index is 0.0259. The van der Waals surface area contributed by atoms with Gasteiger partial charge in [0.15, 0.2) is 5.75 Å². The average Bonchev–Trinajstić information content (AvgIpc) is 3.12. The molecule has 0 amide bonds. The van der Waals surface area contributed by atoms with Gasteiger partial charge >= 0.3 is 0 Å². The van der Waals surface area contributed by atoms with Gasteiger partial charge in [-0.05, 0) is 55.6 Å². The number of likely N-dealkylation sites (N-methyl/N-ethyl adjacent to an activating group) is 1. The molecule has 1 unspecified atom stereocenters. The molecule has 0 bridgehead atoms. The first-order chi connectivity index (χ1) is 18.4. The van der Waals surface area contributed by atoms with Gasteiger partial charge in [0.25, 0.3) is 0 Å². The number of alkyl halides is 1. The topological polar surface area (TPSA) is 57.5 Å². The highest BCUT2D eigenvalue weighted by Crippen LogP contribution is 2.56. The van der Waals surface area contributed by atoms with Crippen LogP contribution < -0.4 is 9.64 Å². The first-order valence-electron chi connectivity index (χ1n) is 13.6. The van der Waals surface area contributed by atoms with Gasteiger partial charge < -0.3 is 24.4 Å². The predicted octanol–water partition coefficient (Wildman–Crippen LogP) is 6.17. The molecule has 38 heavy (non-hydrogen) atoms. The quantitative estimate of drug-likeness (QED) is 0.230. The fraction of sp³-hybridized carbons (Fsp3) is 0.452. The van der Waals surface area contributed by atoms with Crippen LogP contribution in [0.1, 0.15) is 44.4 Å². The second-order valence-corrected chi connectivity index (χ2v) is 11.1. The fourth-order valence-corrected chi connectivity index (χ4v) is 6.51. The third-order valence-corrected chi connectivity index (χ3v) is 8.84. The molecule has 0 fully saturated rings. The van der Waals surface area contributed by atoms with E-state index in [0.717, 1.165) is 64.2 Å². The maximum absolute atomic E-state index is 10.3. The second kappa shape index (κ2) is 11.0. The van der Waals surface area contributed by atoms with Crippen molar-refractivity contribution in [2.24, 2.45) is 4.99 Å². The number of ether oxygens (including phenoxy) is 2. The zero-order chi connectivity index (χ0) is 26.9. The summed E-state index contributed by atoms with van der Waals surface area (Å²) in [5, 5.41) is 13.2. The second-order valence-electron chi connectivity index (χ2n) is 10.5. The Kier molecular flexibility index (Phi) is 7.83. The zero-order valence-corrected chi connectivity index (χ0v) is 24.4. The summed E-state index contributed by atoms with van der Waals surface area (Å²) in [6.07, 6.45) is 1.98. The average molecular weight is 581 g/mol. The minimum Gasteiger partial charge on any atom is -0.459 e. The number of rotatable bonds is 10. The molecule has 1 N–H and O–H groups in total. The number of aliphatic imine (C=N–C) groups is 1. The molecule has 1 spiro atoms. The highest BCUT2D eigenvalue weighted by molar-refractivity contribution is 9.08. The van der Waals surface area contributed by atoms with Gasteiger partial charge in [0.05, 0.1) is 31.5 Å². The van der Waals surface area contributed by atoms with Crippen molar-refractivity contribution >= 4 is 44.3 Å². The van der Waals surface area contributed by atoms with E-state index < -0.39 is 11.1 Å². The van der Waals surface area contributed by atoms with E-state index in [4.69, 9.17) is 14.5 Å². The Balaban J connectivity index is 1.55. The van der Waals surface area contributed by atoms with E-state index in [0.29, 0.717) is 25.1 Å². The number of anilines is 1. The molecule has 2 heterocycles. The van der Waals surface area contributed by atoms with Crippen LogP contribution in [0.4, 0.5) is 11.4 Å². The van der Waals surface area contributed by atoms with Crippen LogP contribution in [-0.2, 0) is 22.1 Å². The molecule has 3 aromatic rings. The molecule has 0 saturated heterocycles. The SMILES string of the molecule is CCN(CC)CCOCCN1c2cccc(CO)c2C(C)(C)C12C=Nc1c(c(CBr)cc3ccccc13)O2. The van der Waals surface area contributed by atoms with Crippen molar-refractivity contribution in [3.8, 4) is 5.75 Å². The highest BCUT2D eigenvalue weighted by atomic mass is 79.9. The Hall–Kier alpha value is -2.45. The Bertz CT molecular complexity index is 1340. The van der Waals surface area contributed by atoms with Gasteiger partial charge in [-0.1, -0.05) is 66.2 Å². The van der Waals surface area contributed by atoms with Crippen LogP contribution >= 0.6 is 15.9 Å². The maximum Gasteiger partial charge on any atom is 0.229 e. The van der Waals surface area contributed by atoms with Crippen LogP contribution in [0.2, 0.25) is 0 Å². The Morgan fingerprint density at radius 1 is 1.05 bits per heavy atom. The molecule has 0 radical (unpaired) electrons. The van der Waals surface area contributed by atoms with Crippen LogP contribution in [0.25, 0.3) is 10.8 Å². The number of benzene rings is 3. The number of nitrogens with zero attached hydrogens (tertiary/aromatic N) is 3. The monoisotopic (exact) mass is 579 g/mol. The molecule has 3 aromatic carbocycles. The normalized spacial score (nSPS) is 19.3. The molecule has 0 aliphatic carbocycles. The Morgan fingerprint density at radius 2 is 1.84 bits per heavy atom. The molecule has 0 aromatic heterocycles. The van der Waals surface area contributed by atoms with E-state index in [2.05, 4.69) is 83.8 Å². The number of fused-ring (bicyclic) bond motifs is 4. The van der Waals surface area contributed by atoms with E-state index in [1.54, 1.807) is 0 Å². The number of hydrogen-bond acceptors (Lipinski definition) is 6. The molecular formula is C31H38BrN3O3. The lowest BCUT2D eigenvalue weighted by Crippen LogP contribution is -2.63. The van der Waals surface area contributed by atoms with E-state index in [1.807, 2.05) is 24.4 Å². The standard InChI is InChI=1S/C31H38BrN3O3/c1-5-34(6-2)14-16-37-17-15-35-26-13-9-11-23(20-36)27(26)30(3,4)31(35)21-33-28-25-12-8-7-10-22(25)18-24(19-32)29(28)38-31/h7-13,18,21,36H,5-6,14-17,19-20H2,1-4H3. The molecule has 2 aliphatic rings. The molecule has 6 nitrogen and oxygen atoms in total. The molecule has 5 rings (SSSR count). The third-order valence-electron chi connectivity index (χ3n) is 8.24. The van der Waals surface area contributed by atoms with Crippen molar-refractivity contribution in [2.75, 3.05) is 44.3 Å². The van der Waals surface area contributed by atoms with Crippen LogP contribution in [0, 0.1) is 0 Å². The molecule has 1 atom stereocenters. The van der Waals surface area contributed by atoms with Crippen molar-refractivity contribution in [1.82, 2.24) is 4.90 Å². The van der Waals surface area contributed by atoms with Crippen molar-refractivity contribution in [1.29, 1.82) is 0 Å². The van der Waals surface area contributed by atoms with Gasteiger partial charge in [0, 0.05) is 35.1 Å². The Morgan fingerprint density at radius 3 is 2.58 bits per heavy atom. The van der Waals surface area contributed by atoms with Crippen molar-refractivity contribution in [3.63, 3.8) is 0 Å². The van der Waals surface area contributed by atoms with Crippen molar-refractivity contribution in [2.45, 2.75) is 50.8 Å². The van der Waals surface area contributed by atoms with Crippen LogP contribution in [0.15, 0.2) is 53.5 Å². The van der Waals surface area contributed by atoms with Gasteiger partial charge in [-0.25, -0.2) is 0 Å². The van der Waals surface area contributed by atoms with E-state index in [1.165, 1.54) is 0 Å². The Labute approximate surface area is 234 Å². The molecule has 0 saturated carbocycles. The largest absolute Gasteiger partial charge is 0.459 e. The highest BCUT2D eigenvalue weighted by Gasteiger charge is 2.60. The van der Waals surface area contributed by atoms with E-state index in [9.17, 15) is 5.11 Å².